The van der Waals surface area contributed by atoms with Gasteiger partial charge in [-0.15, -0.1) is 0 Å². The Kier molecular flexibility index (Phi) is 1.89. The summed E-state index contributed by atoms with van der Waals surface area (Å²) in [5.74, 6) is 0. The van der Waals surface area contributed by atoms with E-state index in [1.807, 2.05) is 12.3 Å². The molecule has 0 saturated heterocycles. The molecule has 5 aromatic rings. The summed E-state index contributed by atoms with van der Waals surface area (Å²) >= 11 is 0. The van der Waals surface area contributed by atoms with Crippen LogP contribution in [-0.2, 0) is 7.05 Å². The van der Waals surface area contributed by atoms with E-state index in [1.54, 1.807) is 0 Å². The normalized spacial score (nSPS) is 12.0. The number of hydrogen-bond donors (Lipinski definition) is 1. The Hall–Kier alpha value is -2.81. The first-order valence-electron chi connectivity index (χ1n) is 7.05. The number of rotatable bonds is 0. The van der Waals surface area contributed by atoms with Crippen LogP contribution in [0.3, 0.4) is 0 Å². The lowest BCUT2D eigenvalue weighted by Crippen LogP contribution is -1.83. The van der Waals surface area contributed by atoms with E-state index < -0.39 is 0 Å². The maximum atomic E-state index is 4.68. The molecule has 21 heavy (non-hydrogen) atoms. The number of benzene rings is 2. The van der Waals surface area contributed by atoms with Crippen LogP contribution in [0, 0.1) is 0 Å². The maximum absolute atomic E-state index is 4.68. The van der Waals surface area contributed by atoms with E-state index in [2.05, 4.69) is 64.2 Å². The lowest BCUT2D eigenvalue weighted by Gasteiger charge is -1.98. The zero-order valence-corrected chi connectivity index (χ0v) is 11.6. The molecular weight excluding hydrogens is 258 g/mol. The smallest absolute Gasteiger partial charge is 0.0964 e. The van der Waals surface area contributed by atoms with Crippen LogP contribution in [-0.4, -0.2) is 14.5 Å². The van der Waals surface area contributed by atoms with Gasteiger partial charge in [-0.2, -0.15) is 0 Å². The van der Waals surface area contributed by atoms with Gasteiger partial charge in [-0.1, -0.05) is 24.3 Å². The van der Waals surface area contributed by atoms with Gasteiger partial charge in [0.1, 0.15) is 0 Å². The summed E-state index contributed by atoms with van der Waals surface area (Å²) in [7, 11) is 2.08. The Morgan fingerprint density at radius 2 is 1.90 bits per heavy atom. The highest BCUT2D eigenvalue weighted by atomic mass is 14.9. The zero-order valence-electron chi connectivity index (χ0n) is 11.6. The molecule has 2 aromatic carbocycles. The molecule has 0 aliphatic heterocycles. The molecule has 0 bridgehead atoms. The first-order chi connectivity index (χ1) is 10.3. The second-order valence-corrected chi connectivity index (χ2v) is 5.58. The number of aryl methyl sites for hydroxylation is 1. The van der Waals surface area contributed by atoms with Gasteiger partial charge in [0, 0.05) is 52.0 Å². The number of pyridine rings is 1. The Labute approximate surface area is 120 Å². The Balaban J connectivity index is 2.05. The van der Waals surface area contributed by atoms with Crippen LogP contribution in [0.25, 0.3) is 43.6 Å². The zero-order chi connectivity index (χ0) is 14.0. The fourth-order valence-corrected chi connectivity index (χ4v) is 3.24. The number of fused-ring (bicyclic) bond motifs is 6. The average Bonchev–Trinajstić information content (AvgIpc) is 3.06. The molecule has 0 spiro atoms. The largest absolute Gasteiger partial charge is 0.353 e. The van der Waals surface area contributed by atoms with Crippen LogP contribution in [0.1, 0.15) is 0 Å². The maximum Gasteiger partial charge on any atom is 0.0964 e. The van der Waals surface area contributed by atoms with Gasteiger partial charge in [-0.05, 0) is 18.2 Å². The van der Waals surface area contributed by atoms with Crippen molar-refractivity contribution in [2.24, 2.45) is 7.05 Å². The van der Waals surface area contributed by atoms with E-state index in [1.165, 1.54) is 27.1 Å². The minimum Gasteiger partial charge on any atom is -0.353 e. The highest BCUT2D eigenvalue weighted by Crippen LogP contribution is 2.32. The lowest BCUT2D eigenvalue weighted by atomic mass is 10.1. The predicted octanol–water partition coefficient (Wildman–Crippen LogP) is 4.36. The van der Waals surface area contributed by atoms with E-state index in [9.17, 15) is 0 Å². The van der Waals surface area contributed by atoms with Gasteiger partial charge in [0.05, 0.1) is 11.0 Å². The van der Waals surface area contributed by atoms with E-state index in [0.717, 1.165) is 16.6 Å². The van der Waals surface area contributed by atoms with Crippen LogP contribution in [0.4, 0.5) is 0 Å². The fraction of sp³-hybridized carbons (Fsp3) is 0.0556. The van der Waals surface area contributed by atoms with E-state index >= 15 is 0 Å². The van der Waals surface area contributed by atoms with Gasteiger partial charge in [-0.25, -0.2) is 0 Å². The number of aromatic nitrogens is 3. The molecule has 3 aromatic heterocycles. The van der Waals surface area contributed by atoms with Crippen LogP contribution in [0.2, 0.25) is 0 Å². The summed E-state index contributed by atoms with van der Waals surface area (Å²) in [5, 5.41) is 4.83. The molecule has 3 heterocycles. The minimum atomic E-state index is 1.05. The molecule has 5 rings (SSSR count). The first kappa shape index (κ1) is 10.9. The van der Waals surface area contributed by atoms with Crippen molar-refractivity contribution >= 4 is 43.6 Å². The Morgan fingerprint density at radius 3 is 2.86 bits per heavy atom. The highest BCUT2D eigenvalue weighted by molar-refractivity contribution is 6.16. The number of aromatic amines is 1. The van der Waals surface area contributed by atoms with E-state index in [-0.39, 0.29) is 0 Å². The van der Waals surface area contributed by atoms with Crippen molar-refractivity contribution < 1.29 is 0 Å². The van der Waals surface area contributed by atoms with Crippen LogP contribution in [0.15, 0.2) is 54.9 Å². The summed E-state index contributed by atoms with van der Waals surface area (Å²) < 4.78 is 2.15. The molecule has 0 amide bonds. The molecule has 0 aliphatic carbocycles. The summed E-state index contributed by atoms with van der Waals surface area (Å²) in [4.78, 5) is 8.23. The molecule has 1 N–H and O–H groups in total. The first-order valence-corrected chi connectivity index (χ1v) is 7.05. The molecular formula is C18H13N3. The van der Waals surface area contributed by atoms with Gasteiger partial charge in [-0.3, -0.25) is 4.98 Å². The van der Waals surface area contributed by atoms with Crippen molar-refractivity contribution in [1.82, 2.24) is 14.5 Å². The van der Waals surface area contributed by atoms with Crippen LogP contribution >= 0.6 is 0 Å². The highest BCUT2D eigenvalue weighted by Gasteiger charge is 2.10. The number of hydrogen-bond acceptors (Lipinski definition) is 1. The van der Waals surface area contributed by atoms with Crippen molar-refractivity contribution in [2.45, 2.75) is 0 Å². The Bertz CT molecular complexity index is 1140. The number of H-pyrrole nitrogens is 1. The van der Waals surface area contributed by atoms with Crippen LogP contribution in [0.5, 0.6) is 0 Å². The van der Waals surface area contributed by atoms with Crippen LogP contribution < -0.4 is 0 Å². The third-order valence-corrected chi connectivity index (χ3v) is 4.34. The molecule has 0 unspecified atom stereocenters. The van der Waals surface area contributed by atoms with Crippen molar-refractivity contribution in [3.63, 3.8) is 0 Å². The molecule has 0 atom stereocenters. The third kappa shape index (κ3) is 1.35. The molecule has 100 valence electrons. The lowest BCUT2D eigenvalue weighted by molar-refractivity contribution is 0.970. The SMILES string of the molecule is Cn1ccc2cc3[nH]c4c5ccccc5cnc4c3cc21. The van der Waals surface area contributed by atoms with Crippen molar-refractivity contribution in [2.75, 3.05) is 0 Å². The van der Waals surface area contributed by atoms with Gasteiger partial charge in [0.25, 0.3) is 0 Å². The molecule has 0 aliphatic rings. The minimum absolute atomic E-state index is 1.05. The molecule has 0 saturated carbocycles. The van der Waals surface area contributed by atoms with E-state index in [0.29, 0.717) is 0 Å². The second-order valence-electron chi connectivity index (χ2n) is 5.58. The van der Waals surface area contributed by atoms with Gasteiger partial charge >= 0.3 is 0 Å². The number of nitrogens with one attached hydrogen (secondary N) is 1. The quantitative estimate of drug-likeness (QED) is 0.446. The molecule has 0 radical (unpaired) electrons. The van der Waals surface area contributed by atoms with E-state index in [4.69, 9.17) is 0 Å². The average molecular weight is 271 g/mol. The Morgan fingerprint density at radius 1 is 1.00 bits per heavy atom. The summed E-state index contributed by atoms with van der Waals surface area (Å²) in [6.07, 6.45) is 4.05. The third-order valence-electron chi connectivity index (χ3n) is 4.34. The van der Waals surface area contributed by atoms with Gasteiger partial charge in [0.2, 0.25) is 0 Å². The molecule has 3 nitrogen and oxygen atoms in total. The molecule has 0 fully saturated rings. The summed E-state index contributed by atoms with van der Waals surface area (Å²) in [6, 6.07) is 15.0. The topological polar surface area (TPSA) is 33.6 Å². The molecule has 3 heteroatoms. The van der Waals surface area contributed by atoms with Gasteiger partial charge in [0.15, 0.2) is 0 Å². The van der Waals surface area contributed by atoms with Crippen molar-refractivity contribution in [1.29, 1.82) is 0 Å². The van der Waals surface area contributed by atoms with Crippen molar-refractivity contribution in [3.05, 3.63) is 54.9 Å². The number of nitrogens with zero attached hydrogens (tertiary/aromatic N) is 2. The van der Waals surface area contributed by atoms with Gasteiger partial charge < -0.3 is 9.55 Å². The predicted molar refractivity (Wildman–Crippen MR) is 87.6 cm³/mol. The monoisotopic (exact) mass is 271 g/mol. The second kappa shape index (κ2) is 3.64. The summed E-state index contributed by atoms with van der Waals surface area (Å²) in [5.41, 5.74) is 4.55. The summed E-state index contributed by atoms with van der Waals surface area (Å²) in [6.45, 7) is 0. The fourth-order valence-electron chi connectivity index (χ4n) is 3.24. The van der Waals surface area contributed by atoms with Crippen molar-refractivity contribution in [3.8, 4) is 0 Å². The standard InChI is InChI=1S/C18H13N3/c1-21-7-6-11-8-15-14(9-16(11)21)17-18(20-15)13-5-3-2-4-12(13)10-19-17/h2-10,20H,1H3.